The minimum atomic E-state index is -1.07. The molecule has 33 heavy (non-hydrogen) atoms. The first kappa shape index (κ1) is 24.1. The fourth-order valence-electron chi connectivity index (χ4n) is 3.86. The van der Waals surface area contributed by atoms with Crippen LogP contribution in [-0.2, 0) is 17.8 Å². The number of aliphatic imine (C=N–C) groups is 1. The third kappa shape index (κ3) is 6.45. The van der Waals surface area contributed by atoms with E-state index in [1.807, 2.05) is 12.1 Å². The Morgan fingerprint density at radius 2 is 1.85 bits per heavy atom. The SMILES string of the molecule is COc1cccc(N2CCCCC2)c1CN=C(N)NC(=O)c1ccc(C[C@H](N)C(=O)O)cc1. The van der Waals surface area contributed by atoms with E-state index in [4.69, 9.17) is 21.3 Å². The molecule has 1 fully saturated rings. The van der Waals surface area contributed by atoms with Crippen LogP contribution in [0.2, 0.25) is 0 Å². The first-order chi connectivity index (χ1) is 15.9. The lowest BCUT2D eigenvalue weighted by molar-refractivity contribution is -0.138. The Hall–Kier alpha value is -3.59. The molecule has 176 valence electrons. The predicted molar refractivity (Wildman–Crippen MR) is 128 cm³/mol. The second-order valence-electron chi connectivity index (χ2n) is 8.01. The van der Waals surface area contributed by atoms with E-state index in [0.29, 0.717) is 5.56 Å². The summed E-state index contributed by atoms with van der Waals surface area (Å²) in [7, 11) is 1.63. The molecular weight excluding hydrogens is 422 g/mol. The standard InChI is InChI=1S/C24H31N5O4/c1-33-21-7-5-6-20(29-12-3-2-4-13-29)18(21)15-27-24(26)28-22(30)17-10-8-16(9-11-17)14-19(25)23(31)32/h5-11,19H,2-4,12-15,25H2,1H3,(H,31,32)(H3,26,27,28,30)/t19-/m0/s1. The predicted octanol–water partition coefficient (Wildman–Crippen LogP) is 1.88. The van der Waals surface area contributed by atoms with Crippen molar-refractivity contribution in [3.05, 3.63) is 59.2 Å². The number of hydrogen-bond acceptors (Lipinski definition) is 6. The molecule has 0 unspecified atom stereocenters. The molecule has 9 heteroatoms. The molecule has 2 aromatic rings. The zero-order chi connectivity index (χ0) is 23.8. The van der Waals surface area contributed by atoms with Gasteiger partial charge in [0.1, 0.15) is 11.8 Å². The molecule has 9 nitrogen and oxygen atoms in total. The summed E-state index contributed by atoms with van der Waals surface area (Å²) in [6.07, 6.45) is 3.72. The topological polar surface area (TPSA) is 143 Å². The van der Waals surface area contributed by atoms with Crippen molar-refractivity contribution >= 4 is 23.5 Å². The summed E-state index contributed by atoms with van der Waals surface area (Å²) in [6.45, 7) is 2.25. The Balaban J connectivity index is 1.67. The fourth-order valence-corrected chi connectivity index (χ4v) is 3.86. The number of nitrogens with one attached hydrogen (secondary N) is 1. The van der Waals surface area contributed by atoms with E-state index in [1.54, 1.807) is 31.4 Å². The number of nitrogens with zero attached hydrogens (tertiary/aromatic N) is 2. The molecule has 6 N–H and O–H groups in total. The summed E-state index contributed by atoms with van der Waals surface area (Å²) in [6, 6.07) is 11.5. The van der Waals surface area contributed by atoms with Crippen molar-refractivity contribution in [3.8, 4) is 5.75 Å². The minimum Gasteiger partial charge on any atom is -0.496 e. The highest BCUT2D eigenvalue weighted by molar-refractivity contribution is 6.05. The molecule has 0 saturated carbocycles. The summed E-state index contributed by atoms with van der Waals surface area (Å²) in [5, 5.41) is 11.5. The number of amides is 1. The smallest absolute Gasteiger partial charge is 0.320 e. The zero-order valence-corrected chi connectivity index (χ0v) is 18.8. The minimum absolute atomic E-state index is 0.00692. The molecule has 0 bridgehead atoms. The Morgan fingerprint density at radius 3 is 2.48 bits per heavy atom. The molecule has 1 amide bonds. The lowest BCUT2D eigenvalue weighted by Crippen LogP contribution is -2.37. The van der Waals surface area contributed by atoms with Crippen LogP contribution in [-0.4, -0.2) is 49.2 Å². The first-order valence-corrected chi connectivity index (χ1v) is 11.0. The summed E-state index contributed by atoms with van der Waals surface area (Å²) >= 11 is 0. The van der Waals surface area contributed by atoms with E-state index < -0.39 is 17.9 Å². The van der Waals surface area contributed by atoms with Gasteiger partial charge >= 0.3 is 5.97 Å². The van der Waals surface area contributed by atoms with Gasteiger partial charge in [-0.25, -0.2) is 4.99 Å². The molecule has 0 radical (unpaired) electrons. The number of carbonyl (C=O) groups excluding carboxylic acids is 1. The molecule has 1 atom stereocenters. The Kier molecular flexibility index (Phi) is 8.26. The average Bonchev–Trinajstić information content (AvgIpc) is 2.83. The second kappa shape index (κ2) is 11.3. The molecule has 0 aromatic heterocycles. The number of ether oxygens (including phenoxy) is 1. The van der Waals surface area contributed by atoms with Crippen molar-refractivity contribution in [1.82, 2.24) is 5.32 Å². The second-order valence-corrected chi connectivity index (χ2v) is 8.01. The van der Waals surface area contributed by atoms with Crippen LogP contribution in [0.4, 0.5) is 5.69 Å². The number of carboxylic acid groups (broad SMARTS) is 1. The van der Waals surface area contributed by atoms with Gasteiger partial charge in [-0.3, -0.25) is 14.9 Å². The largest absolute Gasteiger partial charge is 0.496 e. The number of aliphatic carboxylic acids is 1. The van der Waals surface area contributed by atoms with Crippen LogP contribution in [0.15, 0.2) is 47.5 Å². The normalized spacial score (nSPS) is 15.1. The van der Waals surface area contributed by atoms with Crippen LogP contribution in [0, 0.1) is 0 Å². The Labute approximate surface area is 193 Å². The van der Waals surface area contributed by atoms with Crippen LogP contribution in [0.25, 0.3) is 0 Å². The van der Waals surface area contributed by atoms with Gasteiger partial charge < -0.3 is 26.2 Å². The summed E-state index contributed by atoms with van der Waals surface area (Å²) in [5.41, 5.74) is 14.7. The Bertz CT molecular complexity index is 1000. The van der Waals surface area contributed by atoms with E-state index in [0.717, 1.165) is 48.5 Å². The van der Waals surface area contributed by atoms with Crippen molar-refractivity contribution in [2.24, 2.45) is 16.5 Å². The highest BCUT2D eigenvalue weighted by atomic mass is 16.5. The summed E-state index contributed by atoms with van der Waals surface area (Å²) in [5.74, 6) is -0.732. The molecule has 1 heterocycles. The monoisotopic (exact) mass is 453 g/mol. The maximum atomic E-state index is 12.5. The quantitative estimate of drug-likeness (QED) is 0.353. The number of nitrogens with two attached hydrogens (primary N) is 2. The number of rotatable bonds is 8. The maximum absolute atomic E-state index is 12.5. The number of guanidine groups is 1. The lowest BCUT2D eigenvalue weighted by atomic mass is 10.0. The average molecular weight is 454 g/mol. The number of piperidine rings is 1. The van der Waals surface area contributed by atoms with Crippen LogP contribution in [0.3, 0.4) is 0 Å². The summed E-state index contributed by atoms with van der Waals surface area (Å²) < 4.78 is 5.54. The number of anilines is 1. The number of carboxylic acids is 1. The summed E-state index contributed by atoms with van der Waals surface area (Å²) in [4.78, 5) is 30.1. The number of hydrogen-bond donors (Lipinski definition) is 4. The van der Waals surface area contributed by atoms with Gasteiger partial charge in [0, 0.05) is 29.9 Å². The highest BCUT2D eigenvalue weighted by Crippen LogP contribution is 2.31. The van der Waals surface area contributed by atoms with Crippen LogP contribution in [0.1, 0.15) is 40.7 Å². The molecule has 1 aliphatic heterocycles. The van der Waals surface area contributed by atoms with E-state index >= 15 is 0 Å². The van der Waals surface area contributed by atoms with E-state index in [2.05, 4.69) is 21.3 Å². The van der Waals surface area contributed by atoms with Gasteiger partial charge in [-0.2, -0.15) is 0 Å². The van der Waals surface area contributed by atoms with Gasteiger partial charge in [-0.1, -0.05) is 18.2 Å². The van der Waals surface area contributed by atoms with Gasteiger partial charge in [0.2, 0.25) is 0 Å². The van der Waals surface area contributed by atoms with Gasteiger partial charge in [0.05, 0.1) is 13.7 Å². The van der Waals surface area contributed by atoms with Gasteiger partial charge in [-0.05, 0) is 55.5 Å². The third-order valence-corrected chi connectivity index (χ3v) is 5.66. The highest BCUT2D eigenvalue weighted by Gasteiger charge is 2.18. The van der Waals surface area contributed by atoms with Crippen LogP contribution >= 0.6 is 0 Å². The number of benzene rings is 2. The molecule has 3 rings (SSSR count). The molecule has 0 aliphatic carbocycles. The van der Waals surface area contributed by atoms with Crippen molar-refractivity contribution in [2.75, 3.05) is 25.1 Å². The fraction of sp³-hybridized carbons (Fsp3) is 0.375. The molecular formula is C24H31N5O4. The molecule has 1 aliphatic rings. The van der Waals surface area contributed by atoms with Crippen molar-refractivity contribution in [2.45, 2.75) is 38.3 Å². The first-order valence-electron chi connectivity index (χ1n) is 11.0. The van der Waals surface area contributed by atoms with Crippen LogP contribution in [0.5, 0.6) is 5.75 Å². The Morgan fingerprint density at radius 1 is 1.15 bits per heavy atom. The third-order valence-electron chi connectivity index (χ3n) is 5.66. The van der Waals surface area contributed by atoms with Crippen LogP contribution < -0.4 is 26.4 Å². The number of carbonyl (C=O) groups is 2. The van der Waals surface area contributed by atoms with Crippen molar-refractivity contribution in [3.63, 3.8) is 0 Å². The van der Waals surface area contributed by atoms with E-state index in [-0.39, 0.29) is 18.9 Å². The molecule has 0 spiro atoms. The van der Waals surface area contributed by atoms with Crippen molar-refractivity contribution in [1.29, 1.82) is 0 Å². The maximum Gasteiger partial charge on any atom is 0.320 e. The molecule has 1 saturated heterocycles. The van der Waals surface area contributed by atoms with Gasteiger partial charge in [-0.15, -0.1) is 0 Å². The van der Waals surface area contributed by atoms with Gasteiger partial charge in [0.25, 0.3) is 5.91 Å². The number of methoxy groups -OCH3 is 1. The van der Waals surface area contributed by atoms with E-state index in [1.165, 1.54) is 6.42 Å². The molecule has 2 aromatic carbocycles. The van der Waals surface area contributed by atoms with E-state index in [9.17, 15) is 9.59 Å². The zero-order valence-electron chi connectivity index (χ0n) is 18.8. The van der Waals surface area contributed by atoms with Crippen molar-refractivity contribution < 1.29 is 19.4 Å². The van der Waals surface area contributed by atoms with Gasteiger partial charge in [0.15, 0.2) is 5.96 Å². The lowest BCUT2D eigenvalue weighted by Gasteiger charge is -2.31.